The van der Waals surface area contributed by atoms with Crippen LogP contribution in [0.5, 0.6) is 0 Å². The van der Waals surface area contributed by atoms with Crippen LogP contribution < -0.4 is 5.32 Å². The molecule has 0 fully saturated rings. The van der Waals surface area contributed by atoms with Crippen LogP contribution in [0.3, 0.4) is 0 Å². The van der Waals surface area contributed by atoms with E-state index in [0.29, 0.717) is 19.6 Å². The number of aliphatic carboxylic acids is 1. The monoisotopic (exact) mass is 217 g/mol. The number of rotatable bonds is 8. The fourth-order valence-corrected chi connectivity index (χ4v) is 1.03. The number of carbonyl (C=O) groups excluding carboxylic acids is 1. The molecule has 0 saturated carbocycles. The van der Waals surface area contributed by atoms with Gasteiger partial charge in [0.15, 0.2) is 0 Å². The van der Waals surface area contributed by atoms with Crippen LogP contribution in [0.2, 0.25) is 0 Å². The molecule has 2 N–H and O–H groups in total. The summed E-state index contributed by atoms with van der Waals surface area (Å²) in [7, 11) is 0. The summed E-state index contributed by atoms with van der Waals surface area (Å²) in [5, 5.41) is 11.4. The molecule has 0 amide bonds. The van der Waals surface area contributed by atoms with Gasteiger partial charge in [-0.1, -0.05) is 0 Å². The highest BCUT2D eigenvalue weighted by molar-refractivity contribution is 5.72. The van der Waals surface area contributed by atoms with E-state index in [-0.39, 0.29) is 5.97 Å². The second-order valence-electron chi connectivity index (χ2n) is 3.28. The van der Waals surface area contributed by atoms with Gasteiger partial charge in [-0.2, -0.15) is 0 Å². The van der Waals surface area contributed by atoms with Crippen LogP contribution >= 0.6 is 0 Å². The lowest BCUT2D eigenvalue weighted by Crippen LogP contribution is -2.34. The van der Waals surface area contributed by atoms with Gasteiger partial charge in [0.2, 0.25) is 0 Å². The van der Waals surface area contributed by atoms with E-state index in [1.165, 1.54) is 0 Å². The van der Waals surface area contributed by atoms with Crippen LogP contribution in [-0.4, -0.2) is 36.2 Å². The van der Waals surface area contributed by atoms with Crippen molar-refractivity contribution in [2.45, 2.75) is 39.2 Å². The number of hydrogen-bond donors (Lipinski definition) is 2. The molecular weight excluding hydrogens is 198 g/mol. The van der Waals surface area contributed by atoms with Gasteiger partial charge in [0.05, 0.1) is 6.61 Å². The topological polar surface area (TPSA) is 75.6 Å². The third-order valence-corrected chi connectivity index (χ3v) is 1.93. The standard InChI is InChI=1S/C10H19NO4/c1-3-15-9(12)6-4-5-7-11-8(2)10(13)14/h8,11H,3-7H2,1-2H3,(H,13,14)/t8-/m0/s1. The van der Waals surface area contributed by atoms with Gasteiger partial charge in [-0.15, -0.1) is 0 Å². The van der Waals surface area contributed by atoms with Crippen LogP contribution in [0.25, 0.3) is 0 Å². The molecule has 88 valence electrons. The molecule has 5 heteroatoms. The second-order valence-corrected chi connectivity index (χ2v) is 3.28. The largest absolute Gasteiger partial charge is 0.480 e. The van der Waals surface area contributed by atoms with Crippen molar-refractivity contribution in [1.29, 1.82) is 0 Å². The Morgan fingerprint density at radius 1 is 1.40 bits per heavy atom. The summed E-state index contributed by atoms with van der Waals surface area (Å²) >= 11 is 0. The SMILES string of the molecule is CCOC(=O)CCCCN[C@@H](C)C(=O)O. The first kappa shape index (κ1) is 13.9. The van der Waals surface area contributed by atoms with Gasteiger partial charge in [-0.3, -0.25) is 9.59 Å². The van der Waals surface area contributed by atoms with Gasteiger partial charge in [0.1, 0.15) is 6.04 Å². The zero-order chi connectivity index (χ0) is 11.7. The first-order chi connectivity index (χ1) is 7.07. The molecule has 0 aromatic rings. The highest BCUT2D eigenvalue weighted by atomic mass is 16.5. The average Bonchev–Trinajstić information content (AvgIpc) is 2.17. The molecule has 0 aromatic carbocycles. The minimum atomic E-state index is -0.861. The molecule has 1 atom stereocenters. The molecular formula is C10H19NO4. The summed E-state index contributed by atoms with van der Waals surface area (Å²) in [5.74, 6) is -1.05. The van der Waals surface area contributed by atoms with Crippen molar-refractivity contribution in [3.8, 4) is 0 Å². The predicted molar refractivity (Wildman–Crippen MR) is 55.6 cm³/mol. The number of ether oxygens (including phenoxy) is 1. The highest BCUT2D eigenvalue weighted by Gasteiger charge is 2.08. The fraction of sp³-hybridized carbons (Fsp3) is 0.800. The normalized spacial score (nSPS) is 12.1. The third-order valence-electron chi connectivity index (χ3n) is 1.93. The first-order valence-corrected chi connectivity index (χ1v) is 5.19. The zero-order valence-corrected chi connectivity index (χ0v) is 9.28. The van der Waals surface area contributed by atoms with E-state index in [2.05, 4.69) is 5.32 Å². The van der Waals surface area contributed by atoms with Gasteiger partial charge >= 0.3 is 11.9 Å². The van der Waals surface area contributed by atoms with Crippen LogP contribution in [0, 0.1) is 0 Å². The number of hydrogen-bond acceptors (Lipinski definition) is 4. The maximum Gasteiger partial charge on any atom is 0.320 e. The number of carboxylic acids is 1. The Bertz CT molecular complexity index is 206. The van der Waals surface area contributed by atoms with Crippen molar-refractivity contribution in [3.63, 3.8) is 0 Å². The fourth-order valence-electron chi connectivity index (χ4n) is 1.03. The van der Waals surface area contributed by atoms with Crippen LogP contribution in [-0.2, 0) is 14.3 Å². The Labute approximate surface area is 89.8 Å². The van der Waals surface area contributed by atoms with Crippen molar-refractivity contribution >= 4 is 11.9 Å². The molecule has 0 aliphatic rings. The van der Waals surface area contributed by atoms with E-state index >= 15 is 0 Å². The number of carboxylic acid groups (broad SMARTS) is 1. The van der Waals surface area contributed by atoms with Crippen LogP contribution in [0.4, 0.5) is 0 Å². The molecule has 15 heavy (non-hydrogen) atoms. The summed E-state index contributed by atoms with van der Waals surface area (Å²) in [6.45, 7) is 4.38. The average molecular weight is 217 g/mol. The maximum absolute atomic E-state index is 10.9. The lowest BCUT2D eigenvalue weighted by molar-refractivity contribution is -0.143. The molecule has 0 rings (SSSR count). The molecule has 0 unspecified atom stereocenters. The first-order valence-electron chi connectivity index (χ1n) is 5.19. The Morgan fingerprint density at radius 3 is 2.60 bits per heavy atom. The molecule has 0 radical (unpaired) electrons. The van der Waals surface area contributed by atoms with E-state index in [1.54, 1.807) is 13.8 Å². The Balaban J connectivity index is 3.32. The summed E-state index contributed by atoms with van der Waals surface area (Å²) in [4.78, 5) is 21.3. The molecule has 5 nitrogen and oxygen atoms in total. The van der Waals surface area contributed by atoms with Crippen molar-refractivity contribution in [3.05, 3.63) is 0 Å². The van der Waals surface area contributed by atoms with E-state index in [0.717, 1.165) is 12.8 Å². The number of unbranched alkanes of at least 4 members (excludes halogenated alkanes) is 1. The van der Waals surface area contributed by atoms with Gasteiger partial charge in [-0.25, -0.2) is 0 Å². The molecule has 0 spiro atoms. The van der Waals surface area contributed by atoms with Gasteiger partial charge in [-0.05, 0) is 33.2 Å². The van der Waals surface area contributed by atoms with Crippen molar-refractivity contribution < 1.29 is 19.4 Å². The van der Waals surface area contributed by atoms with Gasteiger partial charge in [0, 0.05) is 6.42 Å². The van der Waals surface area contributed by atoms with Gasteiger partial charge in [0.25, 0.3) is 0 Å². The molecule has 0 aromatic heterocycles. The van der Waals surface area contributed by atoms with Crippen LogP contribution in [0.15, 0.2) is 0 Å². The number of nitrogens with one attached hydrogen (secondary N) is 1. The number of esters is 1. The van der Waals surface area contributed by atoms with E-state index < -0.39 is 12.0 Å². The summed E-state index contributed by atoms with van der Waals surface area (Å²) in [5.41, 5.74) is 0. The molecule has 0 bridgehead atoms. The quantitative estimate of drug-likeness (QED) is 0.464. The third kappa shape index (κ3) is 7.93. The zero-order valence-electron chi connectivity index (χ0n) is 9.28. The van der Waals surface area contributed by atoms with Gasteiger partial charge < -0.3 is 15.2 Å². The van der Waals surface area contributed by atoms with Crippen LogP contribution in [0.1, 0.15) is 33.1 Å². The Kier molecular flexibility index (Phi) is 7.62. The highest BCUT2D eigenvalue weighted by Crippen LogP contribution is 1.97. The van der Waals surface area contributed by atoms with E-state index in [9.17, 15) is 9.59 Å². The van der Waals surface area contributed by atoms with Crippen molar-refractivity contribution in [2.24, 2.45) is 0 Å². The van der Waals surface area contributed by atoms with Crippen molar-refractivity contribution in [2.75, 3.05) is 13.2 Å². The molecule has 0 heterocycles. The molecule has 0 aliphatic heterocycles. The number of carbonyl (C=O) groups is 2. The van der Waals surface area contributed by atoms with Crippen molar-refractivity contribution in [1.82, 2.24) is 5.32 Å². The summed E-state index contributed by atoms with van der Waals surface area (Å²) in [6.07, 6.45) is 1.89. The smallest absolute Gasteiger partial charge is 0.320 e. The lowest BCUT2D eigenvalue weighted by atomic mass is 10.2. The lowest BCUT2D eigenvalue weighted by Gasteiger charge is -2.08. The maximum atomic E-state index is 10.9. The second kappa shape index (κ2) is 8.23. The predicted octanol–water partition coefficient (Wildman–Crippen LogP) is 0.782. The summed E-state index contributed by atoms with van der Waals surface area (Å²) in [6, 6.07) is -0.535. The Hall–Kier alpha value is -1.10. The summed E-state index contributed by atoms with van der Waals surface area (Å²) < 4.78 is 4.75. The van der Waals surface area contributed by atoms with E-state index in [1.807, 2.05) is 0 Å². The minimum Gasteiger partial charge on any atom is -0.480 e. The molecule has 0 saturated heterocycles. The van der Waals surface area contributed by atoms with E-state index in [4.69, 9.17) is 9.84 Å². The Morgan fingerprint density at radius 2 is 2.07 bits per heavy atom. The minimum absolute atomic E-state index is 0.191. The molecule has 0 aliphatic carbocycles.